The van der Waals surface area contributed by atoms with Gasteiger partial charge in [-0.25, -0.2) is 0 Å². The Kier molecular flexibility index (Phi) is 6.54. The molecule has 3 aromatic carbocycles. The van der Waals surface area contributed by atoms with Crippen molar-refractivity contribution in [1.82, 2.24) is 4.90 Å². The molecule has 7 heteroatoms. The van der Waals surface area contributed by atoms with Crippen LogP contribution in [0.5, 0.6) is 0 Å². The second kappa shape index (κ2) is 9.31. The van der Waals surface area contributed by atoms with Crippen LogP contribution in [-0.4, -0.2) is 16.0 Å². The molecular formula is C23H15Cl2NO2S2. The molecule has 1 heterocycles. The number of benzene rings is 3. The predicted octanol–water partition coefficient (Wildman–Crippen LogP) is 7.38. The van der Waals surface area contributed by atoms with Gasteiger partial charge in [0, 0.05) is 19.8 Å². The first-order valence-corrected chi connectivity index (χ1v) is 11.4. The molecule has 4 rings (SSSR count). The SMILES string of the molecule is O=C1S/C(=C\c2ccccc2Sc2ccc(Cl)cc2)C(=O)N1Cc1cccc(Cl)c1. The molecule has 1 aliphatic rings. The average Bonchev–Trinajstić information content (AvgIpc) is 2.98. The van der Waals surface area contributed by atoms with E-state index in [2.05, 4.69) is 0 Å². The highest BCUT2D eigenvalue weighted by Crippen LogP contribution is 2.37. The van der Waals surface area contributed by atoms with Gasteiger partial charge in [-0.3, -0.25) is 14.5 Å². The highest BCUT2D eigenvalue weighted by atomic mass is 35.5. The fourth-order valence-electron chi connectivity index (χ4n) is 2.92. The molecule has 3 nitrogen and oxygen atoms in total. The van der Waals surface area contributed by atoms with Gasteiger partial charge in [0.2, 0.25) is 0 Å². The van der Waals surface area contributed by atoms with Crippen LogP contribution in [0.3, 0.4) is 0 Å². The Labute approximate surface area is 193 Å². The zero-order chi connectivity index (χ0) is 21.1. The third-order valence-electron chi connectivity index (χ3n) is 4.35. The molecule has 0 atom stereocenters. The molecule has 0 bridgehead atoms. The smallest absolute Gasteiger partial charge is 0.268 e. The van der Waals surface area contributed by atoms with E-state index in [0.717, 1.165) is 32.7 Å². The summed E-state index contributed by atoms with van der Waals surface area (Å²) in [5.41, 5.74) is 1.69. The summed E-state index contributed by atoms with van der Waals surface area (Å²) in [4.78, 5) is 29.0. The minimum Gasteiger partial charge on any atom is -0.268 e. The Hall–Kier alpha value is -2.18. The van der Waals surface area contributed by atoms with E-state index in [1.54, 1.807) is 36.0 Å². The van der Waals surface area contributed by atoms with Crippen LogP contribution < -0.4 is 0 Å². The van der Waals surface area contributed by atoms with Crippen LogP contribution in [0.15, 0.2) is 87.5 Å². The van der Waals surface area contributed by atoms with Crippen LogP contribution in [0, 0.1) is 0 Å². The molecule has 0 unspecified atom stereocenters. The van der Waals surface area contributed by atoms with Crippen LogP contribution in [0.25, 0.3) is 6.08 Å². The molecule has 0 radical (unpaired) electrons. The molecule has 150 valence electrons. The molecule has 30 heavy (non-hydrogen) atoms. The zero-order valence-electron chi connectivity index (χ0n) is 15.5. The quantitative estimate of drug-likeness (QED) is 0.363. The molecule has 0 saturated carbocycles. The summed E-state index contributed by atoms with van der Waals surface area (Å²) in [6.45, 7) is 0.198. The second-order valence-electron chi connectivity index (χ2n) is 6.49. The van der Waals surface area contributed by atoms with Gasteiger partial charge in [-0.05, 0) is 71.4 Å². The summed E-state index contributed by atoms with van der Waals surface area (Å²) >= 11 is 14.5. The molecule has 0 aromatic heterocycles. The van der Waals surface area contributed by atoms with Crippen LogP contribution in [0.2, 0.25) is 10.0 Å². The monoisotopic (exact) mass is 471 g/mol. The third kappa shape index (κ3) is 4.93. The number of hydrogen-bond acceptors (Lipinski definition) is 4. The lowest BCUT2D eigenvalue weighted by Gasteiger charge is -2.12. The van der Waals surface area contributed by atoms with E-state index in [0.29, 0.717) is 15.0 Å². The second-order valence-corrected chi connectivity index (χ2v) is 9.47. The van der Waals surface area contributed by atoms with E-state index in [9.17, 15) is 9.59 Å². The van der Waals surface area contributed by atoms with E-state index >= 15 is 0 Å². The number of thioether (sulfide) groups is 1. The maximum Gasteiger partial charge on any atom is 0.293 e. The van der Waals surface area contributed by atoms with Gasteiger partial charge in [0.1, 0.15) is 0 Å². The van der Waals surface area contributed by atoms with Gasteiger partial charge in [0.25, 0.3) is 11.1 Å². The maximum absolute atomic E-state index is 12.9. The van der Waals surface area contributed by atoms with E-state index in [1.807, 2.05) is 54.6 Å². The molecule has 1 aliphatic heterocycles. The molecular weight excluding hydrogens is 457 g/mol. The first-order valence-electron chi connectivity index (χ1n) is 9.02. The van der Waals surface area contributed by atoms with Crippen molar-refractivity contribution in [3.05, 3.63) is 98.9 Å². The van der Waals surface area contributed by atoms with Crippen molar-refractivity contribution in [2.24, 2.45) is 0 Å². The largest absolute Gasteiger partial charge is 0.293 e. The Balaban J connectivity index is 1.57. The number of halogens is 2. The summed E-state index contributed by atoms with van der Waals surface area (Å²) in [6, 6.07) is 22.5. The van der Waals surface area contributed by atoms with Crippen LogP contribution in [0.1, 0.15) is 11.1 Å². The normalized spacial score (nSPS) is 15.3. The summed E-state index contributed by atoms with van der Waals surface area (Å²) in [5, 5.41) is 0.971. The molecule has 0 spiro atoms. The van der Waals surface area contributed by atoms with Crippen LogP contribution in [-0.2, 0) is 11.3 Å². The first-order chi connectivity index (χ1) is 14.5. The molecule has 1 saturated heterocycles. The number of nitrogens with zero attached hydrogens (tertiary/aromatic N) is 1. The Morgan fingerprint density at radius 2 is 1.67 bits per heavy atom. The van der Waals surface area contributed by atoms with Crippen molar-refractivity contribution in [3.8, 4) is 0 Å². The lowest BCUT2D eigenvalue weighted by Crippen LogP contribution is -2.27. The van der Waals surface area contributed by atoms with Gasteiger partial charge in [-0.1, -0.05) is 65.3 Å². The highest BCUT2D eigenvalue weighted by molar-refractivity contribution is 8.18. The number of amides is 2. The molecule has 2 amide bonds. The zero-order valence-corrected chi connectivity index (χ0v) is 18.7. The summed E-state index contributed by atoms with van der Waals surface area (Å²) in [7, 11) is 0. The highest BCUT2D eigenvalue weighted by Gasteiger charge is 2.35. The number of imide groups is 1. The molecule has 0 aliphatic carbocycles. The minimum atomic E-state index is -0.295. The summed E-state index contributed by atoms with van der Waals surface area (Å²) in [5.74, 6) is -0.295. The van der Waals surface area contributed by atoms with Gasteiger partial charge in [0.15, 0.2) is 0 Å². The maximum atomic E-state index is 12.9. The van der Waals surface area contributed by atoms with Crippen LogP contribution >= 0.6 is 46.7 Å². The fourth-order valence-corrected chi connectivity index (χ4v) is 5.00. The van der Waals surface area contributed by atoms with Crippen molar-refractivity contribution in [1.29, 1.82) is 0 Å². The van der Waals surface area contributed by atoms with Gasteiger partial charge in [0.05, 0.1) is 11.4 Å². The lowest BCUT2D eigenvalue weighted by molar-refractivity contribution is -0.123. The average molecular weight is 472 g/mol. The Morgan fingerprint density at radius 3 is 2.43 bits per heavy atom. The van der Waals surface area contributed by atoms with E-state index in [4.69, 9.17) is 23.2 Å². The summed E-state index contributed by atoms with van der Waals surface area (Å²) in [6.07, 6.45) is 1.78. The number of hydrogen-bond donors (Lipinski definition) is 0. The van der Waals surface area contributed by atoms with Gasteiger partial charge in [-0.15, -0.1) is 0 Å². The Morgan fingerprint density at radius 1 is 0.900 bits per heavy atom. The molecule has 0 N–H and O–H groups in total. The van der Waals surface area contributed by atoms with Gasteiger partial charge in [-0.2, -0.15) is 0 Å². The van der Waals surface area contributed by atoms with Crippen molar-refractivity contribution in [3.63, 3.8) is 0 Å². The fraction of sp³-hybridized carbons (Fsp3) is 0.0435. The standard InChI is InChI=1S/C23H15Cl2NO2S2/c24-17-8-10-19(11-9-17)29-20-7-2-1-5-16(20)13-21-22(27)26(23(28)30-21)14-15-4-3-6-18(25)12-15/h1-13H,14H2/b21-13-. The summed E-state index contributed by atoms with van der Waals surface area (Å²) < 4.78 is 0. The predicted molar refractivity (Wildman–Crippen MR) is 125 cm³/mol. The van der Waals surface area contributed by atoms with E-state index in [1.165, 1.54) is 4.90 Å². The van der Waals surface area contributed by atoms with Crippen molar-refractivity contribution in [2.75, 3.05) is 0 Å². The molecule has 3 aromatic rings. The number of rotatable bonds is 5. The minimum absolute atomic E-state index is 0.198. The van der Waals surface area contributed by atoms with E-state index in [-0.39, 0.29) is 17.7 Å². The number of carbonyl (C=O) groups excluding carboxylic acids is 2. The van der Waals surface area contributed by atoms with Crippen molar-refractivity contribution in [2.45, 2.75) is 16.3 Å². The number of carbonyl (C=O) groups is 2. The third-order valence-corrected chi connectivity index (χ3v) is 6.84. The molecule has 1 fully saturated rings. The lowest BCUT2D eigenvalue weighted by atomic mass is 10.2. The van der Waals surface area contributed by atoms with Crippen LogP contribution in [0.4, 0.5) is 4.79 Å². The van der Waals surface area contributed by atoms with Gasteiger partial charge >= 0.3 is 0 Å². The first kappa shape index (κ1) is 21.1. The van der Waals surface area contributed by atoms with E-state index < -0.39 is 0 Å². The van der Waals surface area contributed by atoms with Gasteiger partial charge < -0.3 is 0 Å². The Bertz CT molecular complexity index is 1150. The topological polar surface area (TPSA) is 37.4 Å². The van der Waals surface area contributed by atoms with Crippen molar-refractivity contribution >= 4 is 63.9 Å². The van der Waals surface area contributed by atoms with Crippen molar-refractivity contribution < 1.29 is 9.59 Å².